The number of Topliss-reactive ketones (excluding diaryl/α,β-unsaturated/α-hetero) is 1. The van der Waals surface area contributed by atoms with Crippen LogP contribution in [0.25, 0.3) is 0 Å². The van der Waals surface area contributed by atoms with Crippen LogP contribution in [0.2, 0.25) is 5.02 Å². The summed E-state index contributed by atoms with van der Waals surface area (Å²) in [5, 5.41) is 0.618. The van der Waals surface area contributed by atoms with Crippen LogP contribution in [0.3, 0.4) is 0 Å². The van der Waals surface area contributed by atoms with Crippen LogP contribution in [-0.4, -0.2) is 25.6 Å². The molecule has 1 fully saturated rings. The second-order valence-corrected chi connectivity index (χ2v) is 5.79. The van der Waals surface area contributed by atoms with Gasteiger partial charge in [0.15, 0.2) is 5.78 Å². The number of carbonyl (C=O) groups excluding carboxylic acids is 1. The molecule has 0 spiro atoms. The lowest BCUT2D eigenvalue weighted by Gasteiger charge is -2.28. The molecule has 0 radical (unpaired) electrons. The first-order chi connectivity index (χ1) is 9.16. The average molecular weight is 281 g/mol. The Hall–Kier alpha value is -1.06. The lowest BCUT2D eigenvalue weighted by atomic mass is 9.83. The zero-order valence-electron chi connectivity index (χ0n) is 10.9. The summed E-state index contributed by atoms with van der Waals surface area (Å²) in [6.07, 6.45) is 1.61. The van der Waals surface area contributed by atoms with Gasteiger partial charge in [-0.25, -0.2) is 0 Å². The summed E-state index contributed by atoms with van der Waals surface area (Å²) in [6.45, 7) is 4.01. The Balaban J connectivity index is 1.95. The molecule has 3 rings (SSSR count). The lowest BCUT2D eigenvalue weighted by molar-refractivity contribution is 0.0240. The summed E-state index contributed by atoms with van der Waals surface area (Å²) >= 11 is 6.12. The first-order valence-electron chi connectivity index (χ1n) is 6.74. The molecule has 3 nitrogen and oxygen atoms in total. The van der Waals surface area contributed by atoms with Gasteiger partial charge in [0.25, 0.3) is 0 Å². The highest BCUT2D eigenvalue weighted by atomic mass is 35.5. The Kier molecular flexibility index (Phi) is 3.50. The zero-order valence-corrected chi connectivity index (χ0v) is 11.7. The molecule has 0 aromatic heterocycles. The fraction of sp³-hybridized carbons (Fsp3) is 0.533. The van der Waals surface area contributed by atoms with Gasteiger partial charge in [-0.15, -0.1) is 0 Å². The van der Waals surface area contributed by atoms with Crippen molar-refractivity contribution in [1.82, 2.24) is 0 Å². The number of halogens is 1. The molecule has 1 aromatic carbocycles. The molecule has 0 bridgehead atoms. The number of hydrogen-bond donors (Lipinski definition) is 0. The molecule has 2 aliphatic rings. The Morgan fingerprint density at radius 3 is 3.00 bits per heavy atom. The summed E-state index contributed by atoms with van der Waals surface area (Å²) < 4.78 is 11.0. The van der Waals surface area contributed by atoms with E-state index < -0.39 is 0 Å². The third-order valence-electron chi connectivity index (χ3n) is 3.99. The summed E-state index contributed by atoms with van der Waals surface area (Å²) in [7, 11) is 0. The number of benzene rings is 1. The van der Waals surface area contributed by atoms with Crippen molar-refractivity contribution in [3.05, 3.63) is 28.3 Å². The highest BCUT2D eigenvalue weighted by molar-refractivity contribution is 6.31. The number of fused-ring (bicyclic) bond motifs is 1. The molecule has 2 unspecified atom stereocenters. The fourth-order valence-electron chi connectivity index (χ4n) is 2.92. The van der Waals surface area contributed by atoms with E-state index in [4.69, 9.17) is 21.1 Å². The van der Waals surface area contributed by atoms with E-state index in [9.17, 15) is 4.79 Å². The van der Waals surface area contributed by atoms with Crippen LogP contribution in [0.5, 0.6) is 5.75 Å². The van der Waals surface area contributed by atoms with Gasteiger partial charge in [0.2, 0.25) is 0 Å². The third kappa shape index (κ3) is 2.37. The van der Waals surface area contributed by atoms with Crippen molar-refractivity contribution >= 4 is 17.4 Å². The van der Waals surface area contributed by atoms with E-state index in [2.05, 4.69) is 6.92 Å². The summed E-state index contributed by atoms with van der Waals surface area (Å²) in [5.74, 6) is 1.15. The highest BCUT2D eigenvalue weighted by Crippen LogP contribution is 2.36. The lowest BCUT2D eigenvalue weighted by Crippen LogP contribution is -2.31. The predicted octanol–water partition coefficient (Wildman–Crippen LogP) is 3.13. The summed E-state index contributed by atoms with van der Waals surface area (Å²) in [5.41, 5.74) is 1.70. The number of ketones is 1. The number of carbonyl (C=O) groups is 1. The fourth-order valence-corrected chi connectivity index (χ4v) is 3.16. The Labute approximate surface area is 117 Å². The normalized spacial score (nSPS) is 25.8. The van der Waals surface area contributed by atoms with Gasteiger partial charge in [0.1, 0.15) is 5.75 Å². The molecular formula is C15H17ClO3. The minimum atomic E-state index is 0.0144. The molecule has 19 heavy (non-hydrogen) atoms. The topological polar surface area (TPSA) is 35.5 Å². The molecule has 2 atom stereocenters. The van der Waals surface area contributed by atoms with E-state index in [1.807, 2.05) is 6.07 Å². The van der Waals surface area contributed by atoms with Crippen LogP contribution >= 0.6 is 11.6 Å². The van der Waals surface area contributed by atoms with Gasteiger partial charge in [0, 0.05) is 30.6 Å². The maximum atomic E-state index is 12.7. The van der Waals surface area contributed by atoms with E-state index >= 15 is 0 Å². The molecule has 0 saturated carbocycles. The van der Waals surface area contributed by atoms with Crippen LogP contribution in [0.1, 0.15) is 29.3 Å². The van der Waals surface area contributed by atoms with Crippen molar-refractivity contribution in [2.24, 2.45) is 11.8 Å². The first-order valence-corrected chi connectivity index (χ1v) is 7.12. The number of ether oxygens (including phenoxy) is 2. The second-order valence-electron chi connectivity index (χ2n) is 5.35. The SMILES string of the molecule is CC1COCCC1C(=O)c1cc(Cl)cc2c1OCC2. The molecule has 2 aliphatic heterocycles. The summed E-state index contributed by atoms with van der Waals surface area (Å²) in [4.78, 5) is 12.7. The van der Waals surface area contributed by atoms with Gasteiger partial charge in [-0.3, -0.25) is 4.79 Å². The van der Waals surface area contributed by atoms with E-state index in [0.717, 1.165) is 24.2 Å². The highest BCUT2D eigenvalue weighted by Gasteiger charge is 2.32. The van der Waals surface area contributed by atoms with Crippen LogP contribution in [0.4, 0.5) is 0 Å². The number of rotatable bonds is 2. The largest absolute Gasteiger partial charge is 0.492 e. The first kappa shape index (κ1) is 12.9. The van der Waals surface area contributed by atoms with Crippen LogP contribution < -0.4 is 4.74 Å². The van der Waals surface area contributed by atoms with Gasteiger partial charge < -0.3 is 9.47 Å². The van der Waals surface area contributed by atoms with Gasteiger partial charge >= 0.3 is 0 Å². The molecular weight excluding hydrogens is 264 g/mol. The monoisotopic (exact) mass is 280 g/mol. The third-order valence-corrected chi connectivity index (χ3v) is 4.21. The smallest absolute Gasteiger partial charge is 0.170 e. The minimum absolute atomic E-state index is 0.0144. The van der Waals surface area contributed by atoms with Crippen LogP contribution in [0.15, 0.2) is 12.1 Å². The quantitative estimate of drug-likeness (QED) is 0.781. The molecule has 0 amide bonds. The van der Waals surface area contributed by atoms with Crippen molar-refractivity contribution in [1.29, 1.82) is 0 Å². The van der Waals surface area contributed by atoms with Gasteiger partial charge in [0.05, 0.1) is 12.2 Å². The van der Waals surface area contributed by atoms with Crippen LogP contribution in [-0.2, 0) is 11.2 Å². The van der Waals surface area contributed by atoms with Crippen molar-refractivity contribution in [2.45, 2.75) is 19.8 Å². The average Bonchev–Trinajstić information content (AvgIpc) is 2.85. The molecule has 0 N–H and O–H groups in total. The Morgan fingerprint density at radius 2 is 2.21 bits per heavy atom. The molecule has 0 aliphatic carbocycles. The molecule has 2 heterocycles. The summed E-state index contributed by atoms with van der Waals surface area (Å²) in [6, 6.07) is 3.64. The van der Waals surface area contributed by atoms with Gasteiger partial charge in [-0.2, -0.15) is 0 Å². The zero-order chi connectivity index (χ0) is 13.4. The maximum Gasteiger partial charge on any atom is 0.170 e. The minimum Gasteiger partial charge on any atom is -0.492 e. The Morgan fingerprint density at radius 1 is 1.37 bits per heavy atom. The van der Waals surface area contributed by atoms with E-state index in [1.165, 1.54) is 0 Å². The number of hydrogen-bond acceptors (Lipinski definition) is 3. The predicted molar refractivity (Wildman–Crippen MR) is 73.1 cm³/mol. The van der Waals surface area contributed by atoms with Crippen molar-refractivity contribution < 1.29 is 14.3 Å². The second kappa shape index (κ2) is 5.14. The van der Waals surface area contributed by atoms with Crippen molar-refractivity contribution in [3.8, 4) is 5.75 Å². The van der Waals surface area contributed by atoms with Gasteiger partial charge in [-0.1, -0.05) is 18.5 Å². The van der Waals surface area contributed by atoms with Crippen molar-refractivity contribution in [2.75, 3.05) is 19.8 Å². The van der Waals surface area contributed by atoms with Crippen LogP contribution in [0, 0.1) is 11.8 Å². The molecule has 102 valence electrons. The standard InChI is InChI=1S/C15H17ClO3/c1-9-8-18-4-3-12(9)14(17)13-7-11(16)6-10-2-5-19-15(10)13/h6-7,9,12H,2-5,8H2,1H3. The van der Waals surface area contributed by atoms with Crippen molar-refractivity contribution in [3.63, 3.8) is 0 Å². The molecule has 4 heteroatoms. The van der Waals surface area contributed by atoms with E-state index in [0.29, 0.717) is 30.4 Å². The van der Waals surface area contributed by atoms with E-state index in [-0.39, 0.29) is 17.6 Å². The van der Waals surface area contributed by atoms with Gasteiger partial charge in [-0.05, 0) is 30.0 Å². The molecule has 1 saturated heterocycles. The maximum absolute atomic E-state index is 12.7. The molecule has 1 aromatic rings. The Bertz CT molecular complexity index is 512. The van der Waals surface area contributed by atoms with E-state index in [1.54, 1.807) is 6.07 Å².